The minimum absolute atomic E-state index is 0.125. The molecule has 1 fully saturated rings. The van der Waals surface area contributed by atoms with Crippen LogP contribution in [0.1, 0.15) is 36.0 Å². The Balaban J connectivity index is 1.49. The molecule has 1 aliphatic heterocycles. The van der Waals surface area contributed by atoms with Gasteiger partial charge in [0.05, 0.1) is 18.3 Å². The third-order valence-corrected chi connectivity index (χ3v) is 6.02. The Morgan fingerprint density at radius 3 is 2.55 bits per heavy atom. The van der Waals surface area contributed by atoms with E-state index in [1.54, 1.807) is 18.6 Å². The maximum absolute atomic E-state index is 6.40. The Labute approximate surface area is 198 Å². The largest absolute Gasteiger partial charge is 0.494 e. The van der Waals surface area contributed by atoms with Crippen molar-refractivity contribution in [2.75, 3.05) is 6.61 Å². The first-order valence-corrected chi connectivity index (χ1v) is 11.3. The molecule has 0 radical (unpaired) electrons. The lowest BCUT2D eigenvalue weighted by atomic mass is 10.0. The molecule has 1 aromatic carbocycles. The van der Waals surface area contributed by atoms with E-state index in [4.69, 9.17) is 21.4 Å². The fourth-order valence-corrected chi connectivity index (χ4v) is 4.42. The zero-order valence-electron chi connectivity index (χ0n) is 18.2. The number of pyridine rings is 2. The van der Waals surface area contributed by atoms with Crippen molar-refractivity contribution in [3.63, 3.8) is 0 Å². The molecule has 7 heteroatoms. The first-order valence-electron chi connectivity index (χ1n) is 10.9. The monoisotopic (exact) mass is 456 g/mol. The van der Waals surface area contributed by atoms with Crippen LogP contribution in [0.5, 0.6) is 5.75 Å². The number of benzene rings is 1. The van der Waals surface area contributed by atoms with Gasteiger partial charge in [0, 0.05) is 30.7 Å². The van der Waals surface area contributed by atoms with Crippen LogP contribution in [0.15, 0.2) is 89.7 Å². The van der Waals surface area contributed by atoms with Crippen molar-refractivity contribution >= 4 is 17.3 Å². The third-order valence-electron chi connectivity index (χ3n) is 5.67. The van der Waals surface area contributed by atoms with Crippen LogP contribution in [0.4, 0.5) is 0 Å². The Hall–Kier alpha value is -3.71. The number of rotatable bonds is 7. The highest BCUT2D eigenvalue weighted by Crippen LogP contribution is 2.41. The lowest BCUT2D eigenvalue weighted by Crippen LogP contribution is -2.29. The van der Waals surface area contributed by atoms with Crippen LogP contribution >= 0.6 is 12.2 Å². The molecule has 4 heterocycles. The quantitative estimate of drug-likeness (QED) is 0.378. The van der Waals surface area contributed by atoms with E-state index in [0.29, 0.717) is 18.3 Å². The molecule has 1 N–H and O–H groups in total. The zero-order chi connectivity index (χ0) is 22.6. The lowest BCUT2D eigenvalue weighted by molar-refractivity contribution is 0.269. The number of thiocarbonyl (C=S) groups is 1. The van der Waals surface area contributed by atoms with Gasteiger partial charge >= 0.3 is 0 Å². The summed E-state index contributed by atoms with van der Waals surface area (Å²) in [5, 5.41) is 4.13. The Bertz CT molecular complexity index is 1210. The topological polar surface area (TPSA) is 63.4 Å². The fourth-order valence-electron chi connectivity index (χ4n) is 4.12. The van der Waals surface area contributed by atoms with Crippen LogP contribution in [0, 0.1) is 0 Å². The van der Waals surface area contributed by atoms with Gasteiger partial charge in [0.2, 0.25) is 0 Å². The van der Waals surface area contributed by atoms with Gasteiger partial charge in [0.1, 0.15) is 23.3 Å². The van der Waals surface area contributed by atoms with Gasteiger partial charge in [-0.25, -0.2) is 0 Å². The molecule has 0 saturated carbocycles. The molecule has 2 unspecified atom stereocenters. The van der Waals surface area contributed by atoms with Crippen LogP contribution < -0.4 is 10.1 Å². The van der Waals surface area contributed by atoms with Crippen molar-refractivity contribution in [2.45, 2.75) is 25.6 Å². The van der Waals surface area contributed by atoms with Crippen LogP contribution in [0.25, 0.3) is 11.3 Å². The van der Waals surface area contributed by atoms with E-state index in [1.807, 2.05) is 73.7 Å². The molecule has 0 spiro atoms. The third kappa shape index (κ3) is 4.45. The van der Waals surface area contributed by atoms with E-state index in [2.05, 4.69) is 20.2 Å². The number of nitrogens with zero attached hydrogens (tertiary/aromatic N) is 3. The molecule has 3 aromatic heterocycles. The van der Waals surface area contributed by atoms with Gasteiger partial charge in [-0.05, 0) is 85.4 Å². The molecule has 0 bridgehead atoms. The van der Waals surface area contributed by atoms with Gasteiger partial charge in [-0.3, -0.25) is 9.97 Å². The van der Waals surface area contributed by atoms with Gasteiger partial charge in [-0.15, -0.1) is 0 Å². The summed E-state index contributed by atoms with van der Waals surface area (Å²) >= 11 is 5.75. The molecule has 4 aromatic rings. The van der Waals surface area contributed by atoms with E-state index in [9.17, 15) is 0 Å². The minimum Gasteiger partial charge on any atom is -0.494 e. The average molecular weight is 457 g/mol. The van der Waals surface area contributed by atoms with Gasteiger partial charge in [-0.1, -0.05) is 6.07 Å². The highest BCUT2D eigenvalue weighted by atomic mass is 32.1. The standard InChI is InChI=1S/C26H24N4O2S/c1-2-31-20-8-6-19(7-9-20)22-10-11-23(32-22)25-24(21-5-3-4-14-28-21)29-26(33)30(25)17-18-12-15-27-16-13-18/h3-16,24-25H,2,17H2,1H3,(H,29,33). The maximum atomic E-state index is 6.40. The van der Waals surface area contributed by atoms with Crippen molar-refractivity contribution in [1.82, 2.24) is 20.2 Å². The average Bonchev–Trinajstić information content (AvgIpc) is 3.46. The van der Waals surface area contributed by atoms with E-state index >= 15 is 0 Å². The zero-order valence-corrected chi connectivity index (χ0v) is 19.0. The lowest BCUT2D eigenvalue weighted by Gasteiger charge is -2.26. The van der Waals surface area contributed by atoms with Crippen LogP contribution in [-0.4, -0.2) is 26.6 Å². The number of hydrogen-bond donors (Lipinski definition) is 1. The number of hydrogen-bond acceptors (Lipinski definition) is 5. The Morgan fingerprint density at radius 2 is 1.82 bits per heavy atom. The molecule has 0 aliphatic carbocycles. The molecule has 166 valence electrons. The molecular weight excluding hydrogens is 432 g/mol. The van der Waals surface area contributed by atoms with E-state index in [1.165, 1.54) is 0 Å². The van der Waals surface area contributed by atoms with Crippen molar-refractivity contribution in [3.8, 4) is 17.1 Å². The number of nitrogens with one attached hydrogen (secondary N) is 1. The van der Waals surface area contributed by atoms with Crippen molar-refractivity contribution in [3.05, 3.63) is 102 Å². The Morgan fingerprint density at radius 1 is 1.00 bits per heavy atom. The molecule has 2 atom stereocenters. The predicted octanol–water partition coefficient (Wildman–Crippen LogP) is 5.31. The van der Waals surface area contributed by atoms with Gasteiger partial charge < -0.3 is 19.4 Å². The Kier molecular flexibility index (Phi) is 6.04. The molecule has 0 amide bonds. The molecule has 1 saturated heterocycles. The number of aromatic nitrogens is 2. The predicted molar refractivity (Wildman–Crippen MR) is 131 cm³/mol. The van der Waals surface area contributed by atoms with Crippen LogP contribution in [-0.2, 0) is 6.54 Å². The van der Waals surface area contributed by atoms with E-state index in [-0.39, 0.29) is 12.1 Å². The van der Waals surface area contributed by atoms with Gasteiger partial charge in [-0.2, -0.15) is 0 Å². The molecule has 5 rings (SSSR count). The molecule has 1 aliphatic rings. The molecule has 6 nitrogen and oxygen atoms in total. The SMILES string of the molecule is CCOc1ccc(-c2ccc(C3C(c4ccccn4)NC(=S)N3Cc3ccncc3)o2)cc1. The second-order valence-electron chi connectivity index (χ2n) is 7.77. The van der Waals surface area contributed by atoms with Crippen molar-refractivity contribution < 1.29 is 9.15 Å². The highest BCUT2D eigenvalue weighted by molar-refractivity contribution is 7.80. The highest BCUT2D eigenvalue weighted by Gasteiger charge is 2.41. The summed E-state index contributed by atoms with van der Waals surface area (Å²) in [5.74, 6) is 2.47. The summed E-state index contributed by atoms with van der Waals surface area (Å²) in [7, 11) is 0. The van der Waals surface area contributed by atoms with Gasteiger partial charge in [0.25, 0.3) is 0 Å². The summed E-state index contributed by atoms with van der Waals surface area (Å²) in [6.45, 7) is 3.25. The van der Waals surface area contributed by atoms with E-state index in [0.717, 1.165) is 34.1 Å². The summed E-state index contributed by atoms with van der Waals surface area (Å²) in [6.07, 6.45) is 5.39. The van der Waals surface area contributed by atoms with Gasteiger partial charge in [0.15, 0.2) is 5.11 Å². The fraction of sp³-hybridized carbons (Fsp3) is 0.192. The minimum atomic E-state index is -0.142. The summed E-state index contributed by atoms with van der Waals surface area (Å²) in [4.78, 5) is 10.9. The summed E-state index contributed by atoms with van der Waals surface area (Å²) < 4.78 is 12.0. The normalized spacial score (nSPS) is 17.7. The summed E-state index contributed by atoms with van der Waals surface area (Å²) in [6, 6.07) is 21.6. The smallest absolute Gasteiger partial charge is 0.170 e. The van der Waals surface area contributed by atoms with Crippen molar-refractivity contribution in [1.29, 1.82) is 0 Å². The van der Waals surface area contributed by atoms with Crippen LogP contribution in [0.3, 0.4) is 0 Å². The molecular formula is C26H24N4O2S. The maximum Gasteiger partial charge on any atom is 0.170 e. The van der Waals surface area contributed by atoms with Crippen LogP contribution in [0.2, 0.25) is 0 Å². The first kappa shape index (κ1) is 21.2. The molecule has 33 heavy (non-hydrogen) atoms. The number of furan rings is 1. The van der Waals surface area contributed by atoms with Crippen molar-refractivity contribution in [2.24, 2.45) is 0 Å². The summed E-state index contributed by atoms with van der Waals surface area (Å²) in [5.41, 5.74) is 3.04. The van der Waals surface area contributed by atoms with E-state index < -0.39 is 0 Å². The first-order chi connectivity index (χ1) is 16.2. The second kappa shape index (κ2) is 9.42. The number of ether oxygens (including phenoxy) is 1. The second-order valence-corrected chi connectivity index (χ2v) is 8.16.